The van der Waals surface area contributed by atoms with Gasteiger partial charge in [-0.05, 0) is 42.9 Å². The lowest BCUT2D eigenvalue weighted by atomic mass is 9.98. The van der Waals surface area contributed by atoms with Gasteiger partial charge in [0.05, 0.1) is 11.4 Å². The minimum atomic E-state index is -1.18. The van der Waals surface area contributed by atoms with Crippen LogP contribution in [0.3, 0.4) is 0 Å². The van der Waals surface area contributed by atoms with Crippen molar-refractivity contribution in [2.75, 3.05) is 6.61 Å². The third-order valence-electron chi connectivity index (χ3n) is 6.93. The van der Waals surface area contributed by atoms with E-state index in [0.29, 0.717) is 6.54 Å². The average Bonchev–Trinajstić information content (AvgIpc) is 3.30. The summed E-state index contributed by atoms with van der Waals surface area (Å²) in [6.45, 7) is 3.86. The highest BCUT2D eigenvalue weighted by atomic mass is 17.0. The van der Waals surface area contributed by atoms with Crippen LogP contribution in [0.5, 0.6) is 0 Å². The van der Waals surface area contributed by atoms with Crippen molar-refractivity contribution in [2.45, 2.75) is 71.6 Å². The van der Waals surface area contributed by atoms with Gasteiger partial charge in [-0.25, -0.2) is 4.98 Å². The molecule has 15 heteroatoms. The lowest BCUT2D eigenvalue weighted by molar-refractivity contribution is -0.790. The Morgan fingerprint density at radius 1 is 1.09 bits per heavy atom. The molecule has 2 aromatic carbocycles. The van der Waals surface area contributed by atoms with Crippen molar-refractivity contribution >= 4 is 11.8 Å². The molecule has 44 heavy (non-hydrogen) atoms. The molecule has 0 aliphatic carbocycles. The first-order valence-electron chi connectivity index (χ1n) is 14.1. The summed E-state index contributed by atoms with van der Waals surface area (Å²) in [5.41, 5.74) is 11.1. The number of aromatic nitrogens is 2. The summed E-state index contributed by atoms with van der Waals surface area (Å²) >= 11 is 0. The number of aryl methyl sites for hydroxylation is 2. The second-order valence-corrected chi connectivity index (χ2v) is 10.0. The van der Waals surface area contributed by atoms with Gasteiger partial charge in [0.25, 0.3) is 10.2 Å². The highest BCUT2D eigenvalue weighted by Gasteiger charge is 2.19. The Bertz CT molecular complexity index is 1460. The van der Waals surface area contributed by atoms with Gasteiger partial charge < -0.3 is 30.6 Å². The van der Waals surface area contributed by atoms with E-state index in [4.69, 9.17) is 21.3 Å². The molecule has 1 aromatic heterocycles. The fourth-order valence-corrected chi connectivity index (χ4v) is 4.69. The number of carbonyl (C=O) groups is 1. The molecule has 0 saturated carbocycles. The van der Waals surface area contributed by atoms with Crippen LogP contribution in [-0.2, 0) is 38.8 Å². The number of amidine groups is 1. The van der Waals surface area contributed by atoms with Crippen LogP contribution in [0.25, 0.3) is 11.1 Å². The Labute approximate surface area is 254 Å². The largest absolute Gasteiger partial charge is 0.459 e. The van der Waals surface area contributed by atoms with E-state index in [1.54, 1.807) is 0 Å². The van der Waals surface area contributed by atoms with Crippen LogP contribution in [-0.4, -0.2) is 44.2 Å². The Hall–Kier alpha value is -5.21. The number of nitrogens with two attached hydrogens (primary N) is 2. The molecule has 1 atom stereocenters. The number of ether oxygens (including phenoxy) is 1. The highest BCUT2D eigenvalue weighted by molar-refractivity contribution is 6.03. The molecule has 0 radical (unpaired) electrons. The summed E-state index contributed by atoms with van der Waals surface area (Å²) in [7, 11) is 0. The van der Waals surface area contributed by atoms with Crippen LogP contribution in [0, 0.1) is 27.2 Å². The van der Waals surface area contributed by atoms with Crippen LogP contribution < -0.4 is 11.6 Å². The summed E-state index contributed by atoms with van der Waals surface area (Å²) in [5, 5.41) is 22.6. The number of nitrogens with zero attached hydrogens (tertiary/aromatic N) is 5. The fraction of sp³-hybridized carbons (Fsp3) is 0.414. The lowest BCUT2D eigenvalue weighted by Gasteiger charge is -2.15. The van der Waals surface area contributed by atoms with Crippen LogP contribution in [0.4, 0.5) is 0 Å². The van der Waals surface area contributed by atoms with Crippen molar-refractivity contribution in [1.29, 1.82) is 0 Å². The Balaban J connectivity index is 1.70. The van der Waals surface area contributed by atoms with Crippen LogP contribution in [0.1, 0.15) is 67.4 Å². The summed E-state index contributed by atoms with van der Waals surface area (Å²) in [6, 6.07) is 15.6. The van der Waals surface area contributed by atoms with Gasteiger partial charge in [-0.2, -0.15) is 5.10 Å². The molecule has 3 aromatic rings. The first kappa shape index (κ1) is 33.3. The first-order valence-corrected chi connectivity index (χ1v) is 14.1. The van der Waals surface area contributed by atoms with Crippen molar-refractivity contribution in [3.8, 4) is 11.1 Å². The SMILES string of the molecule is CCCCc1nc(C)c(COC(=O)CCC[C@@H](CO[N+](=O)[O-])O[N+](=O)[O-])n1Cc1ccc(-c2ccccc2/C(N)=N/N)cc1. The molecule has 0 saturated heterocycles. The maximum atomic E-state index is 12.5. The summed E-state index contributed by atoms with van der Waals surface area (Å²) in [6.07, 6.45) is 1.60. The number of rotatable bonds is 18. The van der Waals surface area contributed by atoms with E-state index >= 15 is 0 Å². The number of benzene rings is 2. The predicted molar refractivity (Wildman–Crippen MR) is 160 cm³/mol. The number of unbranched alkanes of at least 4 members (excludes halogenated alkanes) is 1. The minimum Gasteiger partial charge on any atom is -0.459 e. The smallest absolute Gasteiger partial charge is 0.306 e. The van der Waals surface area contributed by atoms with E-state index in [-0.39, 0.29) is 31.7 Å². The predicted octanol–water partition coefficient (Wildman–Crippen LogP) is 3.83. The standard InChI is InChI=1S/C29H37N7O8/c1-3-4-11-27-32-20(2)26(19-42-28(37)12-7-8-23(44-36(40)41)18-43-35(38)39)34(27)17-21-13-15-22(16-14-21)24-9-5-6-10-25(24)29(30)33-31/h5-6,9-10,13-16,23H,3-4,7-8,11-12,17-19,31H2,1-2H3,(H2,30,33)/t23-/m0/s1. The Morgan fingerprint density at radius 2 is 1.82 bits per heavy atom. The van der Waals surface area contributed by atoms with Gasteiger partial charge in [-0.1, -0.05) is 61.9 Å². The van der Waals surface area contributed by atoms with Crippen molar-refractivity contribution < 1.29 is 29.4 Å². The molecule has 236 valence electrons. The van der Waals surface area contributed by atoms with E-state index in [1.807, 2.05) is 55.5 Å². The fourth-order valence-electron chi connectivity index (χ4n) is 4.69. The van der Waals surface area contributed by atoms with Crippen molar-refractivity contribution in [2.24, 2.45) is 16.7 Å². The van der Waals surface area contributed by atoms with Gasteiger partial charge in [0.1, 0.15) is 25.1 Å². The molecule has 3 rings (SSSR count). The first-order chi connectivity index (χ1) is 21.1. The molecule has 0 bridgehead atoms. The molecule has 1 heterocycles. The molecule has 0 aliphatic rings. The van der Waals surface area contributed by atoms with Gasteiger partial charge in [0.2, 0.25) is 0 Å². The van der Waals surface area contributed by atoms with E-state index in [2.05, 4.69) is 26.3 Å². The Morgan fingerprint density at radius 3 is 2.48 bits per heavy atom. The molecular formula is C29H37N7O8. The third kappa shape index (κ3) is 9.68. The summed E-state index contributed by atoms with van der Waals surface area (Å²) in [4.78, 5) is 46.9. The molecule has 0 aliphatic heterocycles. The zero-order valence-electron chi connectivity index (χ0n) is 24.7. The quantitative estimate of drug-likeness (QED) is 0.0526. The lowest BCUT2D eigenvalue weighted by Crippen LogP contribution is -2.25. The Kier molecular flexibility index (Phi) is 12.4. The molecular weight excluding hydrogens is 574 g/mol. The zero-order valence-corrected chi connectivity index (χ0v) is 24.7. The number of hydrazone groups is 1. The monoisotopic (exact) mass is 611 g/mol. The maximum Gasteiger partial charge on any atom is 0.306 e. The van der Waals surface area contributed by atoms with E-state index < -0.39 is 28.9 Å². The van der Waals surface area contributed by atoms with Crippen LogP contribution >= 0.6 is 0 Å². The zero-order chi connectivity index (χ0) is 32.1. The molecule has 0 unspecified atom stereocenters. The van der Waals surface area contributed by atoms with Gasteiger partial charge >= 0.3 is 5.97 Å². The number of hydrogen-bond acceptors (Lipinski definition) is 11. The normalized spacial score (nSPS) is 12.0. The average molecular weight is 612 g/mol. The van der Waals surface area contributed by atoms with Crippen LogP contribution in [0.15, 0.2) is 53.6 Å². The number of carbonyl (C=O) groups excluding carboxylic acids is 1. The second-order valence-electron chi connectivity index (χ2n) is 10.0. The number of esters is 1. The number of hydrogen-bond donors (Lipinski definition) is 2. The van der Waals surface area contributed by atoms with Gasteiger partial charge in [-0.3, -0.25) is 4.79 Å². The summed E-state index contributed by atoms with van der Waals surface area (Å²) < 4.78 is 7.61. The molecule has 4 N–H and O–H groups in total. The highest BCUT2D eigenvalue weighted by Crippen LogP contribution is 2.25. The van der Waals surface area contributed by atoms with Gasteiger partial charge in [-0.15, -0.1) is 20.2 Å². The van der Waals surface area contributed by atoms with Crippen molar-refractivity contribution in [3.63, 3.8) is 0 Å². The van der Waals surface area contributed by atoms with Crippen molar-refractivity contribution in [1.82, 2.24) is 9.55 Å². The van der Waals surface area contributed by atoms with Gasteiger partial charge in [0, 0.05) is 24.9 Å². The van der Waals surface area contributed by atoms with Crippen molar-refractivity contribution in [3.05, 3.63) is 97.1 Å². The van der Waals surface area contributed by atoms with E-state index in [1.165, 1.54) is 0 Å². The maximum absolute atomic E-state index is 12.5. The molecule has 15 nitrogen and oxygen atoms in total. The second kappa shape index (κ2) is 16.4. The summed E-state index contributed by atoms with van der Waals surface area (Å²) in [5.74, 6) is 6.02. The number of imidazole rings is 1. The molecule has 0 fully saturated rings. The molecule has 0 spiro atoms. The van der Waals surface area contributed by atoms with E-state index in [9.17, 15) is 25.0 Å². The van der Waals surface area contributed by atoms with Gasteiger partial charge in [0.15, 0.2) is 5.84 Å². The van der Waals surface area contributed by atoms with E-state index in [0.717, 1.165) is 58.7 Å². The minimum absolute atomic E-state index is 0.00582. The third-order valence-corrected chi connectivity index (χ3v) is 6.93. The topological polar surface area (TPSA) is 213 Å². The van der Waals surface area contributed by atoms with Crippen LogP contribution in [0.2, 0.25) is 0 Å². The molecule has 0 amide bonds.